The van der Waals surface area contributed by atoms with Crippen LogP contribution in [0, 0.1) is 19.8 Å². The van der Waals surface area contributed by atoms with Crippen molar-refractivity contribution in [2.24, 2.45) is 5.92 Å². The smallest absolute Gasteiger partial charge is 0.251 e. The third-order valence-corrected chi connectivity index (χ3v) is 4.57. The summed E-state index contributed by atoms with van der Waals surface area (Å²) in [4.78, 5) is 25.4. The molecule has 0 fully saturated rings. The Labute approximate surface area is 166 Å². The molecule has 0 saturated heterocycles. The normalized spacial score (nSPS) is 13.1. The molecule has 0 aliphatic rings. The van der Waals surface area contributed by atoms with Crippen LogP contribution < -0.4 is 15.4 Å². The Bertz CT molecular complexity index is 808. The highest BCUT2D eigenvalue weighted by Crippen LogP contribution is 2.21. The van der Waals surface area contributed by atoms with Crippen molar-refractivity contribution < 1.29 is 18.7 Å². The van der Waals surface area contributed by atoms with Gasteiger partial charge in [0.2, 0.25) is 5.91 Å². The van der Waals surface area contributed by atoms with Crippen molar-refractivity contribution in [3.63, 3.8) is 0 Å². The molecule has 0 aliphatic carbocycles. The first-order valence-corrected chi connectivity index (χ1v) is 9.64. The van der Waals surface area contributed by atoms with Crippen LogP contribution in [0.3, 0.4) is 0 Å². The molecule has 2 atom stereocenters. The van der Waals surface area contributed by atoms with Crippen molar-refractivity contribution in [2.45, 2.75) is 53.6 Å². The molecule has 1 aromatic carbocycles. The lowest BCUT2D eigenvalue weighted by Gasteiger charge is -2.24. The van der Waals surface area contributed by atoms with E-state index in [2.05, 4.69) is 10.6 Å². The van der Waals surface area contributed by atoms with Crippen LogP contribution in [0.25, 0.3) is 0 Å². The van der Waals surface area contributed by atoms with E-state index in [1.54, 1.807) is 24.3 Å². The molecule has 1 heterocycles. The Morgan fingerprint density at radius 1 is 1.07 bits per heavy atom. The van der Waals surface area contributed by atoms with Crippen LogP contribution >= 0.6 is 0 Å². The number of hydrogen-bond donors (Lipinski definition) is 2. The van der Waals surface area contributed by atoms with Crippen LogP contribution in [0.5, 0.6) is 5.75 Å². The van der Waals surface area contributed by atoms with Gasteiger partial charge >= 0.3 is 0 Å². The quantitative estimate of drug-likeness (QED) is 0.720. The van der Waals surface area contributed by atoms with Gasteiger partial charge in [0.25, 0.3) is 5.91 Å². The van der Waals surface area contributed by atoms with Crippen molar-refractivity contribution in [1.29, 1.82) is 0 Å². The average molecular weight is 386 g/mol. The Hall–Kier alpha value is -2.76. The standard InChI is InChI=1S/C22H30N2O4/c1-7-27-18-10-8-17(9-11-18)21(25)24-20(13(2)3)22(26)23-15(5)19-12-14(4)28-16(19)6/h8-13,15,20H,7H2,1-6H3,(H,23,26)(H,24,25). The van der Waals surface area contributed by atoms with Crippen LogP contribution in [-0.4, -0.2) is 24.5 Å². The Morgan fingerprint density at radius 2 is 1.71 bits per heavy atom. The zero-order valence-corrected chi connectivity index (χ0v) is 17.5. The second-order valence-electron chi connectivity index (χ2n) is 7.25. The second kappa shape index (κ2) is 9.44. The van der Waals surface area contributed by atoms with Gasteiger partial charge in [-0.05, 0) is 63.9 Å². The monoisotopic (exact) mass is 386 g/mol. The molecule has 2 N–H and O–H groups in total. The minimum atomic E-state index is -0.644. The zero-order valence-electron chi connectivity index (χ0n) is 17.5. The number of furan rings is 1. The summed E-state index contributed by atoms with van der Waals surface area (Å²) in [7, 11) is 0. The van der Waals surface area contributed by atoms with E-state index in [4.69, 9.17) is 9.15 Å². The third-order valence-electron chi connectivity index (χ3n) is 4.57. The third kappa shape index (κ3) is 5.38. The molecule has 1 aromatic heterocycles. The highest BCUT2D eigenvalue weighted by Gasteiger charge is 2.26. The van der Waals surface area contributed by atoms with Gasteiger partial charge in [0.1, 0.15) is 23.3 Å². The fourth-order valence-electron chi connectivity index (χ4n) is 3.09. The minimum Gasteiger partial charge on any atom is -0.494 e. The van der Waals surface area contributed by atoms with Crippen LogP contribution in [0.1, 0.15) is 61.2 Å². The summed E-state index contributed by atoms with van der Waals surface area (Å²) < 4.78 is 10.9. The van der Waals surface area contributed by atoms with Gasteiger partial charge in [-0.15, -0.1) is 0 Å². The van der Waals surface area contributed by atoms with Gasteiger partial charge < -0.3 is 19.8 Å². The molecule has 28 heavy (non-hydrogen) atoms. The minimum absolute atomic E-state index is 0.0639. The molecule has 0 bridgehead atoms. The van der Waals surface area contributed by atoms with Crippen molar-refractivity contribution in [3.05, 3.63) is 53.0 Å². The van der Waals surface area contributed by atoms with Crippen LogP contribution in [0.4, 0.5) is 0 Å². The van der Waals surface area contributed by atoms with Gasteiger partial charge in [-0.3, -0.25) is 9.59 Å². The van der Waals surface area contributed by atoms with E-state index in [-0.39, 0.29) is 23.8 Å². The number of nitrogens with one attached hydrogen (secondary N) is 2. The number of amides is 2. The SMILES string of the molecule is CCOc1ccc(C(=O)NC(C(=O)NC(C)c2cc(C)oc2C)C(C)C)cc1. The summed E-state index contributed by atoms with van der Waals surface area (Å²) in [6, 6.07) is 7.93. The van der Waals surface area contributed by atoms with E-state index < -0.39 is 6.04 Å². The summed E-state index contributed by atoms with van der Waals surface area (Å²) >= 11 is 0. The Balaban J connectivity index is 2.06. The predicted octanol–water partition coefficient (Wildman–Crippen LogP) is 3.93. The van der Waals surface area contributed by atoms with Gasteiger partial charge in [-0.1, -0.05) is 13.8 Å². The van der Waals surface area contributed by atoms with Gasteiger partial charge in [-0.2, -0.15) is 0 Å². The van der Waals surface area contributed by atoms with Crippen LogP contribution in [0.2, 0.25) is 0 Å². The lowest BCUT2D eigenvalue weighted by Crippen LogP contribution is -2.50. The number of carbonyl (C=O) groups excluding carboxylic acids is 2. The molecular formula is C22H30N2O4. The van der Waals surface area contributed by atoms with Crippen LogP contribution in [0.15, 0.2) is 34.7 Å². The summed E-state index contributed by atoms with van der Waals surface area (Å²) in [6.45, 7) is 11.9. The number of rotatable bonds is 8. The van der Waals surface area contributed by atoms with Crippen molar-refractivity contribution >= 4 is 11.8 Å². The summed E-state index contributed by atoms with van der Waals surface area (Å²) in [5, 5.41) is 5.83. The first-order valence-electron chi connectivity index (χ1n) is 9.64. The number of benzene rings is 1. The maximum Gasteiger partial charge on any atom is 0.251 e. The van der Waals surface area contributed by atoms with E-state index in [0.29, 0.717) is 17.9 Å². The fraction of sp³-hybridized carbons (Fsp3) is 0.455. The van der Waals surface area contributed by atoms with Crippen molar-refractivity contribution in [3.8, 4) is 5.75 Å². The first-order chi connectivity index (χ1) is 13.2. The average Bonchev–Trinajstić information content (AvgIpc) is 2.98. The van der Waals surface area contributed by atoms with E-state index in [1.807, 2.05) is 47.6 Å². The van der Waals surface area contributed by atoms with Crippen molar-refractivity contribution in [2.75, 3.05) is 6.61 Å². The van der Waals surface area contributed by atoms with Gasteiger partial charge in [0.15, 0.2) is 0 Å². The van der Waals surface area contributed by atoms with Gasteiger partial charge in [0, 0.05) is 11.1 Å². The molecule has 0 aliphatic heterocycles. The highest BCUT2D eigenvalue weighted by atomic mass is 16.5. The fourth-order valence-corrected chi connectivity index (χ4v) is 3.09. The number of ether oxygens (including phenoxy) is 1. The Kier molecular flexibility index (Phi) is 7.26. The van der Waals surface area contributed by atoms with E-state index in [1.165, 1.54) is 0 Å². The number of aryl methyl sites for hydroxylation is 2. The topological polar surface area (TPSA) is 80.6 Å². The molecule has 152 valence electrons. The van der Waals surface area contributed by atoms with Gasteiger partial charge in [0.05, 0.1) is 12.6 Å². The summed E-state index contributed by atoms with van der Waals surface area (Å²) in [5.41, 5.74) is 1.42. The molecule has 0 saturated carbocycles. The number of carbonyl (C=O) groups is 2. The van der Waals surface area contributed by atoms with Crippen LogP contribution in [-0.2, 0) is 4.79 Å². The maximum atomic E-state index is 12.8. The molecular weight excluding hydrogens is 356 g/mol. The largest absolute Gasteiger partial charge is 0.494 e. The van der Waals surface area contributed by atoms with E-state index in [9.17, 15) is 9.59 Å². The molecule has 6 heteroatoms. The molecule has 6 nitrogen and oxygen atoms in total. The summed E-state index contributed by atoms with van der Waals surface area (Å²) in [5.74, 6) is 1.71. The molecule has 2 unspecified atom stereocenters. The number of hydrogen-bond acceptors (Lipinski definition) is 4. The second-order valence-corrected chi connectivity index (χ2v) is 7.25. The van der Waals surface area contributed by atoms with E-state index >= 15 is 0 Å². The Morgan fingerprint density at radius 3 is 2.21 bits per heavy atom. The molecule has 2 amide bonds. The van der Waals surface area contributed by atoms with E-state index in [0.717, 1.165) is 17.1 Å². The molecule has 0 radical (unpaired) electrons. The highest BCUT2D eigenvalue weighted by molar-refractivity contribution is 5.97. The molecule has 2 aromatic rings. The zero-order chi connectivity index (χ0) is 20.8. The lowest BCUT2D eigenvalue weighted by molar-refractivity contribution is -0.124. The van der Waals surface area contributed by atoms with Crippen molar-refractivity contribution in [1.82, 2.24) is 10.6 Å². The summed E-state index contributed by atoms with van der Waals surface area (Å²) in [6.07, 6.45) is 0. The molecule has 0 spiro atoms. The van der Waals surface area contributed by atoms with Gasteiger partial charge in [-0.25, -0.2) is 0 Å². The molecule has 2 rings (SSSR count). The first kappa shape index (κ1) is 21.5. The lowest BCUT2D eigenvalue weighted by atomic mass is 10.0. The maximum absolute atomic E-state index is 12.8. The predicted molar refractivity (Wildman–Crippen MR) is 108 cm³/mol.